The molecular weight excluding hydrogens is 262 g/mol. The van der Waals surface area contributed by atoms with Crippen LogP contribution in [0.5, 0.6) is 0 Å². The molecule has 3 heteroatoms. The lowest BCUT2D eigenvalue weighted by atomic mass is 10.1. The number of esters is 1. The van der Waals surface area contributed by atoms with E-state index in [1.54, 1.807) is 24.4 Å². The van der Waals surface area contributed by atoms with Crippen molar-refractivity contribution in [1.29, 1.82) is 0 Å². The lowest BCUT2D eigenvalue weighted by molar-refractivity contribution is 0.0601. The van der Waals surface area contributed by atoms with Crippen LogP contribution in [0.1, 0.15) is 44.0 Å². The number of benzene rings is 1. The van der Waals surface area contributed by atoms with Gasteiger partial charge < -0.3 is 4.74 Å². The van der Waals surface area contributed by atoms with Gasteiger partial charge in [0.15, 0.2) is 0 Å². The summed E-state index contributed by atoms with van der Waals surface area (Å²) in [5.41, 5.74) is 3.69. The Hall–Kier alpha value is -2.16. The predicted molar refractivity (Wildman–Crippen MR) is 88.4 cm³/mol. The molecule has 1 rings (SSSR count). The predicted octanol–water partition coefficient (Wildman–Crippen LogP) is 4.87. The zero-order chi connectivity index (χ0) is 15.7. The Bertz CT molecular complexity index is 564. The molecule has 0 unspecified atom stereocenters. The molecule has 0 aliphatic heterocycles. The summed E-state index contributed by atoms with van der Waals surface area (Å²) in [6, 6.07) is 7.16. The van der Waals surface area contributed by atoms with Crippen molar-refractivity contribution in [3.8, 4) is 0 Å². The number of hydrogen-bond acceptors (Lipinski definition) is 3. The summed E-state index contributed by atoms with van der Waals surface area (Å²) in [5.74, 6) is -0.369. The largest absolute Gasteiger partial charge is 0.465 e. The maximum atomic E-state index is 11.6. The number of ether oxygens (including phenoxy) is 1. The first-order chi connectivity index (χ1) is 10.0. The van der Waals surface area contributed by atoms with Gasteiger partial charge in [-0.05, 0) is 51.8 Å². The van der Waals surface area contributed by atoms with Gasteiger partial charge in [-0.25, -0.2) is 4.79 Å². The van der Waals surface area contributed by atoms with Crippen LogP contribution in [-0.4, -0.2) is 19.3 Å². The van der Waals surface area contributed by atoms with E-state index in [4.69, 9.17) is 4.74 Å². The number of rotatable bonds is 6. The lowest BCUT2D eigenvalue weighted by Crippen LogP contribution is -2.00. The van der Waals surface area contributed by atoms with Crippen LogP contribution < -0.4 is 0 Å². The van der Waals surface area contributed by atoms with Crippen LogP contribution in [0.4, 0.5) is 5.69 Å². The van der Waals surface area contributed by atoms with E-state index in [0.29, 0.717) is 11.3 Å². The summed E-state index contributed by atoms with van der Waals surface area (Å²) in [5, 5.41) is 0. The number of hydrogen-bond donors (Lipinski definition) is 0. The first kappa shape index (κ1) is 16.9. The minimum absolute atomic E-state index is 0.369. The first-order valence-electron chi connectivity index (χ1n) is 7.05. The van der Waals surface area contributed by atoms with Gasteiger partial charge in [-0.15, -0.1) is 0 Å². The van der Waals surface area contributed by atoms with E-state index in [1.807, 2.05) is 12.1 Å². The zero-order valence-corrected chi connectivity index (χ0v) is 13.2. The van der Waals surface area contributed by atoms with E-state index in [9.17, 15) is 4.79 Å². The normalized spacial score (nSPS) is 11.5. The average molecular weight is 285 g/mol. The number of aliphatic imine (C=N–C) groups is 1. The van der Waals surface area contributed by atoms with Crippen molar-refractivity contribution in [3.05, 3.63) is 53.1 Å². The molecule has 0 radical (unpaired) electrons. The Morgan fingerprint density at radius 3 is 2.62 bits per heavy atom. The van der Waals surface area contributed by atoms with E-state index in [1.165, 1.54) is 18.3 Å². The molecule has 0 aromatic heterocycles. The van der Waals surface area contributed by atoms with Crippen molar-refractivity contribution in [1.82, 2.24) is 0 Å². The van der Waals surface area contributed by atoms with E-state index in [2.05, 4.69) is 31.8 Å². The molecule has 1 aromatic rings. The molecule has 21 heavy (non-hydrogen) atoms. The van der Waals surface area contributed by atoms with Crippen LogP contribution >= 0.6 is 0 Å². The molecule has 0 aliphatic rings. The molecule has 0 amide bonds. The first-order valence-corrected chi connectivity index (χ1v) is 7.05. The van der Waals surface area contributed by atoms with Crippen LogP contribution in [-0.2, 0) is 4.74 Å². The molecule has 0 bridgehead atoms. The minimum Gasteiger partial charge on any atom is -0.465 e. The number of allylic oxidation sites excluding steroid dienone is 4. The van der Waals surface area contributed by atoms with Crippen molar-refractivity contribution < 1.29 is 9.53 Å². The summed E-state index contributed by atoms with van der Waals surface area (Å²) in [7, 11) is 1.37. The molecular formula is C18H23NO2. The van der Waals surface area contributed by atoms with Crippen molar-refractivity contribution in [3.63, 3.8) is 0 Å². The molecule has 0 fully saturated rings. The van der Waals surface area contributed by atoms with Gasteiger partial charge in [0, 0.05) is 6.21 Å². The van der Waals surface area contributed by atoms with E-state index < -0.39 is 0 Å². The minimum atomic E-state index is -0.369. The number of nitrogens with zero attached hydrogens (tertiary/aromatic N) is 1. The molecule has 0 N–H and O–H groups in total. The van der Waals surface area contributed by atoms with Gasteiger partial charge in [0.1, 0.15) is 0 Å². The molecule has 0 saturated heterocycles. The SMILES string of the molecule is COC(=O)c1ccccc1/N=C/C=C(\C)CCC=C(C)C. The van der Waals surface area contributed by atoms with E-state index >= 15 is 0 Å². The summed E-state index contributed by atoms with van der Waals surface area (Å²) < 4.78 is 4.75. The Morgan fingerprint density at radius 2 is 1.95 bits per heavy atom. The summed E-state index contributed by atoms with van der Waals surface area (Å²) in [4.78, 5) is 16.0. The van der Waals surface area contributed by atoms with E-state index in [0.717, 1.165) is 12.8 Å². The maximum absolute atomic E-state index is 11.6. The highest BCUT2D eigenvalue weighted by Gasteiger charge is 2.09. The third-order valence-electron chi connectivity index (χ3n) is 2.97. The highest BCUT2D eigenvalue weighted by Crippen LogP contribution is 2.19. The van der Waals surface area contributed by atoms with Crippen LogP contribution in [0.25, 0.3) is 0 Å². The summed E-state index contributed by atoms with van der Waals surface area (Å²) >= 11 is 0. The monoisotopic (exact) mass is 285 g/mol. The Morgan fingerprint density at radius 1 is 1.24 bits per heavy atom. The fourth-order valence-corrected chi connectivity index (χ4v) is 1.79. The van der Waals surface area contributed by atoms with Gasteiger partial charge in [-0.2, -0.15) is 0 Å². The topological polar surface area (TPSA) is 38.7 Å². The highest BCUT2D eigenvalue weighted by atomic mass is 16.5. The van der Waals surface area contributed by atoms with Crippen molar-refractivity contribution in [2.24, 2.45) is 4.99 Å². The van der Waals surface area contributed by atoms with Gasteiger partial charge in [-0.1, -0.05) is 29.4 Å². The second kappa shape index (κ2) is 8.90. The van der Waals surface area contributed by atoms with Crippen molar-refractivity contribution in [2.75, 3.05) is 7.11 Å². The average Bonchev–Trinajstić information content (AvgIpc) is 2.46. The van der Waals surface area contributed by atoms with Gasteiger partial charge in [0.25, 0.3) is 0 Å². The van der Waals surface area contributed by atoms with Crippen LogP contribution in [0.15, 0.2) is 52.6 Å². The van der Waals surface area contributed by atoms with Crippen molar-refractivity contribution in [2.45, 2.75) is 33.6 Å². The molecule has 112 valence electrons. The summed E-state index contributed by atoms with van der Waals surface area (Å²) in [6.07, 6.45) is 7.99. The maximum Gasteiger partial charge on any atom is 0.340 e. The number of methoxy groups -OCH3 is 1. The van der Waals surface area contributed by atoms with E-state index in [-0.39, 0.29) is 5.97 Å². The van der Waals surface area contributed by atoms with Gasteiger partial charge in [0.05, 0.1) is 18.4 Å². The number of carbonyl (C=O) groups excluding carboxylic acids is 1. The fraction of sp³-hybridized carbons (Fsp3) is 0.333. The molecule has 1 aromatic carbocycles. The second-order valence-corrected chi connectivity index (χ2v) is 5.12. The Labute approximate surface area is 127 Å². The third-order valence-corrected chi connectivity index (χ3v) is 2.97. The van der Waals surface area contributed by atoms with Gasteiger partial charge in [0.2, 0.25) is 0 Å². The van der Waals surface area contributed by atoms with Gasteiger partial charge in [-0.3, -0.25) is 4.99 Å². The molecule has 0 spiro atoms. The van der Waals surface area contributed by atoms with Gasteiger partial charge >= 0.3 is 5.97 Å². The molecule has 0 aliphatic carbocycles. The number of carbonyl (C=O) groups is 1. The standard InChI is InChI=1S/C18H23NO2/c1-14(2)8-7-9-15(3)12-13-19-17-11-6-5-10-16(17)18(20)21-4/h5-6,8,10-13H,7,9H2,1-4H3/b15-12+,19-13+. The Kier molecular flexibility index (Phi) is 7.16. The molecule has 0 atom stereocenters. The lowest BCUT2D eigenvalue weighted by Gasteiger charge is -2.02. The zero-order valence-electron chi connectivity index (χ0n) is 13.2. The molecule has 3 nitrogen and oxygen atoms in total. The fourth-order valence-electron chi connectivity index (χ4n) is 1.79. The van der Waals surface area contributed by atoms with Crippen LogP contribution in [0.3, 0.4) is 0 Å². The van der Waals surface area contributed by atoms with Crippen LogP contribution in [0.2, 0.25) is 0 Å². The molecule has 0 saturated carbocycles. The highest BCUT2D eigenvalue weighted by molar-refractivity contribution is 5.95. The Balaban J connectivity index is 2.73. The van der Waals surface area contributed by atoms with Crippen LogP contribution in [0, 0.1) is 0 Å². The smallest absolute Gasteiger partial charge is 0.340 e. The van der Waals surface area contributed by atoms with Crippen molar-refractivity contribution >= 4 is 17.9 Å². The second-order valence-electron chi connectivity index (χ2n) is 5.12. The quantitative estimate of drug-likeness (QED) is 0.425. The summed E-state index contributed by atoms with van der Waals surface area (Å²) in [6.45, 7) is 6.28. The third kappa shape index (κ3) is 6.21. The number of para-hydroxylation sites is 1. The molecule has 0 heterocycles.